The second-order valence-corrected chi connectivity index (χ2v) is 16.2. The number of benzene rings is 9. The molecule has 0 radical (unpaired) electrons. The SMILES string of the molecule is N#Cc1ccc(-n2c3ccccc3c3cc(-c4ccccc4)ccc32)c(-c2ccc(-c3c(C(F)(F)F)cccc3C(F)(F)F)cc2-n2c3ccccc3c3cc(-c4ccccc4)ccc32)c1. The van der Waals surface area contributed by atoms with Crippen LogP contribution in [0.3, 0.4) is 0 Å². The van der Waals surface area contributed by atoms with Crippen LogP contribution in [0.4, 0.5) is 26.3 Å². The fraction of sp³-hybridized carbons (Fsp3) is 0.0351. The Hall–Kier alpha value is -8.35. The highest BCUT2D eigenvalue weighted by molar-refractivity contribution is 6.13. The summed E-state index contributed by atoms with van der Waals surface area (Å²) in [6.07, 6.45) is -10.2. The fourth-order valence-corrected chi connectivity index (χ4v) is 9.54. The molecule has 0 aliphatic heterocycles. The summed E-state index contributed by atoms with van der Waals surface area (Å²) in [5.41, 5.74) is 5.29. The Bertz CT molecular complexity index is 3710. The lowest BCUT2D eigenvalue weighted by Gasteiger charge is -2.22. The molecule has 2 aromatic heterocycles. The first-order valence-corrected chi connectivity index (χ1v) is 21.1. The van der Waals surface area contributed by atoms with Gasteiger partial charge in [0.05, 0.1) is 56.2 Å². The van der Waals surface area contributed by atoms with Gasteiger partial charge in [0.2, 0.25) is 0 Å². The third kappa shape index (κ3) is 6.69. The first-order chi connectivity index (χ1) is 32.0. The smallest absolute Gasteiger partial charge is 0.309 e. The number of nitriles is 1. The van der Waals surface area contributed by atoms with E-state index in [4.69, 9.17) is 0 Å². The van der Waals surface area contributed by atoms with Gasteiger partial charge in [0, 0.05) is 38.2 Å². The molecule has 0 aliphatic carbocycles. The molecule has 0 spiro atoms. The van der Waals surface area contributed by atoms with E-state index in [1.165, 1.54) is 12.1 Å². The second kappa shape index (κ2) is 15.4. The van der Waals surface area contributed by atoms with Gasteiger partial charge in [0.15, 0.2) is 0 Å². The number of hydrogen-bond acceptors (Lipinski definition) is 1. The summed E-state index contributed by atoms with van der Waals surface area (Å²) in [6, 6.07) is 61.6. The molecule has 2 heterocycles. The van der Waals surface area contributed by atoms with Crippen molar-refractivity contribution >= 4 is 43.6 Å². The Morgan fingerprint density at radius 1 is 0.348 bits per heavy atom. The zero-order valence-corrected chi connectivity index (χ0v) is 34.7. The van der Waals surface area contributed by atoms with Gasteiger partial charge in [-0.25, -0.2) is 0 Å². The van der Waals surface area contributed by atoms with Crippen LogP contribution in [0, 0.1) is 11.3 Å². The van der Waals surface area contributed by atoms with Crippen molar-refractivity contribution < 1.29 is 26.3 Å². The zero-order chi connectivity index (χ0) is 45.3. The van der Waals surface area contributed by atoms with Gasteiger partial charge in [-0.3, -0.25) is 0 Å². The molecule has 0 saturated heterocycles. The predicted octanol–water partition coefficient (Wildman–Crippen LogP) is 16.5. The van der Waals surface area contributed by atoms with Gasteiger partial charge in [-0.1, -0.05) is 127 Å². The van der Waals surface area contributed by atoms with Gasteiger partial charge in [-0.05, 0) is 101 Å². The maximum Gasteiger partial charge on any atom is 0.417 e. The highest BCUT2D eigenvalue weighted by atomic mass is 19.4. The lowest BCUT2D eigenvalue weighted by molar-refractivity contribution is -0.142. The van der Waals surface area contributed by atoms with Crippen LogP contribution in [0.5, 0.6) is 0 Å². The molecule has 0 atom stereocenters. The molecule has 0 saturated carbocycles. The second-order valence-electron chi connectivity index (χ2n) is 16.2. The molecule has 11 aromatic rings. The molecule has 9 aromatic carbocycles. The van der Waals surface area contributed by atoms with Crippen molar-refractivity contribution in [2.75, 3.05) is 0 Å². The van der Waals surface area contributed by atoms with Crippen LogP contribution in [0.15, 0.2) is 200 Å². The summed E-state index contributed by atoms with van der Waals surface area (Å²) in [4.78, 5) is 0. The first kappa shape index (κ1) is 40.4. The molecule has 3 nitrogen and oxygen atoms in total. The first-order valence-electron chi connectivity index (χ1n) is 21.1. The maximum atomic E-state index is 14.9. The Labute approximate surface area is 374 Å². The van der Waals surface area contributed by atoms with Crippen LogP contribution >= 0.6 is 0 Å². The topological polar surface area (TPSA) is 33.6 Å². The van der Waals surface area contributed by atoms with E-state index in [0.29, 0.717) is 51.2 Å². The van der Waals surface area contributed by atoms with Crippen LogP contribution in [0.2, 0.25) is 0 Å². The van der Waals surface area contributed by atoms with Crippen molar-refractivity contribution in [3.8, 4) is 62.0 Å². The van der Waals surface area contributed by atoms with E-state index in [2.05, 4.69) is 28.8 Å². The average molecular weight is 874 g/mol. The average Bonchev–Trinajstić information content (AvgIpc) is 3.85. The number of halogens is 6. The van der Waals surface area contributed by atoms with Crippen molar-refractivity contribution in [3.63, 3.8) is 0 Å². The monoisotopic (exact) mass is 873 g/mol. The van der Waals surface area contributed by atoms with Crippen molar-refractivity contribution in [1.82, 2.24) is 9.13 Å². The van der Waals surface area contributed by atoms with Crippen molar-refractivity contribution in [2.24, 2.45) is 0 Å². The van der Waals surface area contributed by atoms with E-state index < -0.39 is 29.0 Å². The summed E-state index contributed by atoms with van der Waals surface area (Å²) in [6.45, 7) is 0. The van der Waals surface area contributed by atoms with Crippen LogP contribution < -0.4 is 0 Å². The molecule has 0 fully saturated rings. The summed E-state index contributed by atoms with van der Waals surface area (Å²) < 4.78 is 93.3. The van der Waals surface area contributed by atoms with E-state index >= 15 is 0 Å². The van der Waals surface area contributed by atoms with Gasteiger partial charge in [-0.15, -0.1) is 0 Å². The van der Waals surface area contributed by atoms with Gasteiger partial charge >= 0.3 is 12.4 Å². The van der Waals surface area contributed by atoms with E-state index in [1.54, 1.807) is 18.2 Å². The highest BCUT2D eigenvalue weighted by Crippen LogP contribution is 2.48. The largest absolute Gasteiger partial charge is 0.417 e. The quantitative estimate of drug-likeness (QED) is 0.153. The molecule has 0 unspecified atom stereocenters. The molecule has 318 valence electrons. The van der Waals surface area contributed by atoms with E-state index in [0.717, 1.165) is 60.9 Å². The lowest BCUT2D eigenvalue weighted by atomic mass is 9.90. The third-order valence-electron chi connectivity index (χ3n) is 12.4. The molecule has 0 aliphatic rings. The molecule has 66 heavy (non-hydrogen) atoms. The standard InChI is InChI=1S/C57H33F6N3/c58-56(59,60)47-18-11-19-48(57(61,62)63)55(47)40-23-26-43(54(33-40)66-50-21-10-8-17-42(50)46-32-39(25-29-53(46)66)37-14-5-2-6-15-37)44-30-35(34-64)22-27-51(44)65-49-20-9-7-16-41(49)45-31-38(24-28-52(45)65)36-12-3-1-4-13-36/h1-33H. The molecular formula is C57H33F6N3. The Morgan fingerprint density at radius 3 is 1.33 bits per heavy atom. The number of fused-ring (bicyclic) bond motifs is 6. The van der Waals surface area contributed by atoms with Gasteiger partial charge < -0.3 is 9.13 Å². The van der Waals surface area contributed by atoms with Crippen molar-refractivity contribution in [1.29, 1.82) is 5.26 Å². The van der Waals surface area contributed by atoms with Crippen molar-refractivity contribution in [3.05, 3.63) is 217 Å². The number of para-hydroxylation sites is 2. The van der Waals surface area contributed by atoms with E-state index in [-0.39, 0.29) is 5.56 Å². The van der Waals surface area contributed by atoms with Crippen LogP contribution in [-0.2, 0) is 12.4 Å². The van der Waals surface area contributed by atoms with Crippen molar-refractivity contribution in [2.45, 2.75) is 12.4 Å². The summed E-state index contributed by atoms with van der Waals surface area (Å²) in [5.74, 6) is 0. The Morgan fingerprint density at radius 2 is 0.818 bits per heavy atom. The normalized spacial score (nSPS) is 12.1. The molecule has 0 bridgehead atoms. The van der Waals surface area contributed by atoms with Crippen LogP contribution in [-0.4, -0.2) is 9.13 Å². The summed E-state index contributed by atoms with van der Waals surface area (Å²) >= 11 is 0. The minimum atomic E-state index is -5.11. The number of alkyl halides is 6. The minimum Gasteiger partial charge on any atom is -0.309 e. The Kier molecular flexibility index (Phi) is 9.45. The predicted molar refractivity (Wildman–Crippen MR) is 252 cm³/mol. The molecule has 0 amide bonds. The molecule has 9 heteroatoms. The van der Waals surface area contributed by atoms with Crippen LogP contribution in [0.1, 0.15) is 16.7 Å². The zero-order valence-electron chi connectivity index (χ0n) is 34.7. The summed E-state index contributed by atoms with van der Waals surface area (Å²) in [5, 5.41) is 14.0. The fourth-order valence-electron chi connectivity index (χ4n) is 9.54. The number of rotatable bonds is 6. The van der Waals surface area contributed by atoms with Gasteiger partial charge in [-0.2, -0.15) is 31.6 Å². The third-order valence-corrected chi connectivity index (χ3v) is 12.4. The molecule has 0 N–H and O–H groups in total. The number of nitrogens with zero attached hydrogens (tertiary/aromatic N) is 3. The van der Waals surface area contributed by atoms with Gasteiger partial charge in [0.25, 0.3) is 0 Å². The highest BCUT2D eigenvalue weighted by Gasteiger charge is 2.41. The molecule has 11 rings (SSSR count). The number of hydrogen-bond donors (Lipinski definition) is 0. The van der Waals surface area contributed by atoms with E-state index in [1.807, 2.05) is 138 Å². The number of aromatic nitrogens is 2. The Balaban J connectivity index is 1.25. The van der Waals surface area contributed by atoms with E-state index in [9.17, 15) is 31.6 Å². The van der Waals surface area contributed by atoms with Gasteiger partial charge in [0.1, 0.15) is 0 Å². The van der Waals surface area contributed by atoms with Crippen LogP contribution in [0.25, 0.3) is 99.5 Å². The maximum absolute atomic E-state index is 14.9. The lowest BCUT2D eigenvalue weighted by Crippen LogP contribution is -2.14. The summed E-state index contributed by atoms with van der Waals surface area (Å²) in [7, 11) is 0. The minimum absolute atomic E-state index is 0.274. The molecular weight excluding hydrogens is 841 g/mol.